The smallest absolute Gasteiger partial charge is 0.271 e. The highest BCUT2D eigenvalue weighted by molar-refractivity contribution is 6.33. The molecule has 6 heteroatoms. The number of hydrogen-bond donors (Lipinski definition) is 2. The molecule has 0 aliphatic carbocycles. The van der Waals surface area contributed by atoms with E-state index in [1.807, 2.05) is 25.9 Å². The van der Waals surface area contributed by atoms with Crippen LogP contribution in [0.4, 0.5) is 5.82 Å². The molecular formula is C14H23ClN4O. The van der Waals surface area contributed by atoms with E-state index >= 15 is 0 Å². The van der Waals surface area contributed by atoms with E-state index in [2.05, 4.69) is 22.5 Å². The van der Waals surface area contributed by atoms with Crippen LogP contribution in [0.2, 0.25) is 5.02 Å². The Morgan fingerprint density at radius 3 is 2.75 bits per heavy atom. The summed E-state index contributed by atoms with van der Waals surface area (Å²) in [4.78, 5) is 18.4. The third-order valence-corrected chi connectivity index (χ3v) is 3.36. The normalized spacial score (nSPS) is 12.3. The van der Waals surface area contributed by atoms with Crippen LogP contribution in [0, 0.1) is 0 Å². The topological polar surface area (TPSA) is 57.3 Å². The van der Waals surface area contributed by atoms with Crippen LogP contribution in [0.25, 0.3) is 0 Å². The number of halogens is 1. The molecule has 2 N–H and O–H groups in total. The second-order valence-corrected chi connectivity index (χ2v) is 5.38. The standard InChI is InChI=1S/C14H23ClN4O/c1-5-8-16-12-7-6-11(15)13(18-12)14(20)17-9-10(2)19(3)4/h6-7,10H,5,8-9H2,1-4H3,(H,16,18)(H,17,20). The van der Waals surface area contributed by atoms with Crippen LogP contribution in [0.1, 0.15) is 30.8 Å². The average molecular weight is 299 g/mol. The molecule has 0 bridgehead atoms. The van der Waals surface area contributed by atoms with Gasteiger partial charge in [0.1, 0.15) is 11.5 Å². The van der Waals surface area contributed by atoms with E-state index in [4.69, 9.17) is 11.6 Å². The Morgan fingerprint density at radius 2 is 2.15 bits per heavy atom. The Bertz CT molecular complexity index is 451. The number of pyridine rings is 1. The molecular weight excluding hydrogens is 276 g/mol. The predicted octanol–water partition coefficient (Wildman–Crippen LogP) is 2.24. The first kappa shape index (κ1) is 16.7. The van der Waals surface area contributed by atoms with E-state index in [0.717, 1.165) is 13.0 Å². The minimum absolute atomic E-state index is 0.246. The quantitative estimate of drug-likeness (QED) is 0.810. The summed E-state index contributed by atoms with van der Waals surface area (Å²) in [7, 11) is 3.94. The highest BCUT2D eigenvalue weighted by atomic mass is 35.5. The van der Waals surface area contributed by atoms with Crippen LogP contribution in [-0.4, -0.2) is 49.0 Å². The lowest BCUT2D eigenvalue weighted by atomic mass is 10.3. The first-order chi connectivity index (χ1) is 9.45. The van der Waals surface area contributed by atoms with Crippen molar-refractivity contribution in [1.29, 1.82) is 0 Å². The van der Waals surface area contributed by atoms with Gasteiger partial charge in [0.05, 0.1) is 5.02 Å². The summed E-state index contributed by atoms with van der Waals surface area (Å²) in [5.41, 5.74) is 0.263. The molecule has 112 valence electrons. The van der Waals surface area contributed by atoms with Gasteiger partial charge >= 0.3 is 0 Å². The van der Waals surface area contributed by atoms with E-state index < -0.39 is 0 Å². The van der Waals surface area contributed by atoms with Crippen molar-refractivity contribution in [3.63, 3.8) is 0 Å². The number of rotatable bonds is 7. The number of carbonyl (C=O) groups excluding carboxylic acids is 1. The Balaban J connectivity index is 2.71. The molecule has 20 heavy (non-hydrogen) atoms. The number of likely N-dealkylation sites (N-methyl/N-ethyl adjacent to an activating group) is 1. The molecule has 1 rings (SSSR count). The molecule has 0 saturated heterocycles. The summed E-state index contributed by atoms with van der Waals surface area (Å²) < 4.78 is 0. The molecule has 0 saturated carbocycles. The zero-order valence-corrected chi connectivity index (χ0v) is 13.3. The molecule has 1 amide bonds. The van der Waals surface area contributed by atoms with Gasteiger partial charge in [-0.25, -0.2) is 4.98 Å². The lowest BCUT2D eigenvalue weighted by Crippen LogP contribution is -2.38. The predicted molar refractivity (Wildman–Crippen MR) is 83.5 cm³/mol. The molecule has 0 fully saturated rings. The van der Waals surface area contributed by atoms with Crippen molar-refractivity contribution in [2.75, 3.05) is 32.5 Å². The van der Waals surface area contributed by atoms with Crippen LogP contribution in [0.3, 0.4) is 0 Å². The number of nitrogens with zero attached hydrogens (tertiary/aromatic N) is 2. The van der Waals surface area contributed by atoms with E-state index in [0.29, 0.717) is 17.4 Å². The number of amides is 1. The molecule has 5 nitrogen and oxygen atoms in total. The van der Waals surface area contributed by atoms with Crippen molar-refractivity contribution >= 4 is 23.3 Å². The van der Waals surface area contributed by atoms with Crippen LogP contribution in [0.15, 0.2) is 12.1 Å². The van der Waals surface area contributed by atoms with Gasteiger partial charge in [0.15, 0.2) is 0 Å². The van der Waals surface area contributed by atoms with Gasteiger partial charge in [-0.3, -0.25) is 4.79 Å². The lowest BCUT2D eigenvalue weighted by molar-refractivity contribution is 0.0939. The van der Waals surface area contributed by atoms with Crippen molar-refractivity contribution in [1.82, 2.24) is 15.2 Å². The van der Waals surface area contributed by atoms with Crippen LogP contribution >= 0.6 is 11.6 Å². The maximum Gasteiger partial charge on any atom is 0.271 e. The molecule has 0 radical (unpaired) electrons. The Morgan fingerprint density at radius 1 is 1.45 bits per heavy atom. The minimum atomic E-state index is -0.246. The highest BCUT2D eigenvalue weighted by Gasteiger charge is 2.14. The summed E-state index contributed by atoms with van der Waals surface area (Å²) in [6, 6.07) is 3.72. The third kappa shape index (κ3) is 4.98. The van der Waals surface area contributed by atoms with Gasteiger partial charge in [-0.1, -0.05) is 18.5 Å². The van der Waals surface area contributed by atoms with Crippen molar-refractivity contribution in [3.05, 3.63) is 22.8 Å². The molecule has 1 aromatic heterocycles. The molecule has 0 aliphatic heterocycles. The van der Waals surface area contributed by atoms with Gasteiger partial charge in [-0.15, -0.1) is 0 Å². The monoisotopic (exact) mass is 298 g/mol. The second kappa shape index (κ2) is 8.07. The molecule has 1 unspecified atom stereocenters. The molecule has 1 aromatic rings. The van der Waals surface area contributed by atoms with Crippen molar-refractivity contribution in [3.8, 4) is 0 Å². The number of nitrogens with one attached hydrogen (secondary N) is 2. The summed E-state index contributed by atoms with van der Waals surface area (Å²) in [6.07, 6.45) is 0.992. The number of aromatic nitrogens is 1. The summed E-state index contributed by atoms with van der Waals surface area (Å²) in [5.74, 6) is 0.422. The van der Waals surface area contributed by atoms with Gasteiger partial charge in [-0.2, -0.15) is 0 Å². The summed E-state index contributed by atoms with van der Waals surface area (Å²) in [5, 5.41) is 6.35. The summed E-state index contributed by atoms with van der Waals surface area (Å²) >= 11 is 6.04. The first-order valence-electron chi connectivity index (χ1n) is 6.80. The SMILES string of the molecule is CCCNc1ccc(Cl)c(C(=O)NCC(C)N(C)C)n1. The molecule has 1 heterocycles. The van der Waals surface area contributed by atoms with Gasteiger partial charge in [-0.05, 0) is 39.6 Å². The fourth-order valence-corrected chi connectivity index (χ4v) is 1.65. The molecule has 0 spiro atoms. The van der Waals surface area contributed by atoms with Gasteiger partial charge in [0.25, 0.3) is 5.91 Å². The fourth-order valence-electron chi connectivity index (χ4n) is 1.46. The van der Waals surface area contributed by atoms with Crippen molar-refractivity contribution in [2.24, 2.45) is 0 Å². The largest absolute Gasteiger partial charge is 0.370 e. The molecule has 0 aliphatic rings. The van der Waals surface area contributed by atoms with Gasteiger partial charge in [0.2, 0.25) is 0 Å². The second-order valence-electron chi connectivity index (χ2n) is 4.98. The van der Waals surface area contributed by atoms with E-state index in [-0.39, 0.29) is 17.6 Å². The van der Waals surface area contributed by atoms with E-state index in [9.17, 15) is 4.79 Å². The highest BCUT2D eigenvalue weighted by Crippen LogP contribution is 2.16. The number of anilines is 1. The van der Waals surface area contributed by atoms with Crippen molar-refractivity contribution in [2.45, 2.75) is 26.3 Å². The Hall–Kier alpha value is -1.33. The zero-order valence-electron chi connectivity index (χ0n) is 12.5. The van der Waals surface area contributed by atoms with Crippen LogP contribution < -0.4 is 10.6 Å². The minimum Gasteiger partial charge on any atom is -0.370 e. The Labute approximate surface area is 125 Å². The van der Waals surface area contributed by atoms with Gasteiger partial charge < -0.3 is 15.5 Å². The Kier molecular flexibility index (Phi) is 6.75. The number of carbonyl (C=O) groups is 1. The van der Waals surface area contributed by atoms with E-state index in [1.165, 1.54) is 0 Å². The maximum atomic E-state index is 12.1. The zero-order chi connectivity index (χ0) is 15.1. The molecule has 0 aromatic carbocycles. The van der Waals surface area contributed by atoms with Crippen LogP contribution in [0.5, 0.6) is 0 Å². The lowest BCUT2D eigenvalue weighted by Gasteiger charge is -2.20. The molecule has 1 atom stereocenters. The van der Waals surface area contributed by atoms with Gasteiger partial charge in [0, 0.05) is 19.1 Å². The average Bonchev–Trinajstić information content (AvgIpc) is 2.43. The fraction of sp³-hybridized carbons (Fsp3) is 0.571. The first-order valence-corrected chi connectivity index (χ1v) is 7.18. The number of hydrogen-bond acceptors (Lipinski definition) is 4. The van der Waals surface area contributed by atoms with Crippen LogP contribution in [-0.2, 0) is 0 Å². The maximum absolute atomic E-state index is 12.1. The summed E-state index contributed by atoms with van der Waals surface area (Å²) in [6.45, 7) is 5.47. The van der Waals surface area contributed by atoms with E-state index in [1.54, 1.807) is 12.1 Å². The van der Waals surface area contributed by atoms with Crippen molar-refractivity contribution < 1.29 is 4.79 Å². The third-order valence-electron chi connectivity index (χ3n) is 3.06.